The molecule has 6 heteroatoms. The van der Waals surface area contributed by atoms with Crippen LogP contribution in [-0.2, 0) is 9.53 Å². The molecule has 0 aromatic heterocycles. The van der Waals surface area contributed by atoms with Gasteiger partial charge in [0.2, 0.25) is 5.91 Å². The van der Waals surface area contributed by atoms with Gasteiger partial charge in [-0.2, -0.15) is 0 Å². The van der Waals surface area contributed by atoms with Gasteiger partial charge in [0.1, 0.15) is 0 Å². The first-order chi connectivity index (χ1) is 11.0. The maximum Gasteiger partial charge on any atom is 0.237 e. The van der Waals surface area contributed by atoms with E-state index < -0.39 is 6.04 Å². The van der Waals surface area contributed by atoms with Gasteiger partial charge in [-0.05, 0) is 17.5 Å². The van der Waals surface area contributed by atoms with E-state index in [1.165, 1.54) is 0 Å². The molecule has 1 fully saturated rings. The third kappa shape index (κ3) is 4.91. The van der Waals surface area contributed by atoms with E-state index in [9.17, 15) is 4.79 Å². The van der Waals surface area contributed by atoms with Crippen molar-refractivity contribution in [2.24, 2.45) is 11.7 Å². The summed E-state index contributed by atoms with van der Waals surface area (Å²) in [6.45, 7) is 7.41. The zero-order valence-electron chi connectivity index (χ0n) is 13.8. The van der Waals surface area contributed by atoms with Crippen LogP contribution in [0.2, 0.25) is 5.02 Å². The Morgan fingerprint density at radius 3 is 2.61 bits per heavy atom. The predicted octanol–water partition coefficient (Wildman–Crippen LogP) is 1.81. The van der Waals surface area contributed by atoms with E-state index in [1.54, 1.807) is 0 Å². The number of benzene rings is 1. The maximum atomic E-state index is 12.2. The fourth-order valence-corrected chi connectivity index (χ4v) is 2.95. The Morgan fingerprint density at radius 2 is 2.00 bits per heavy atom. The van der Waals surface area contributed by atoms with Crippen molar-refractivity contribution in [1.29, 1.82) is 0 Å². The van der Waals surface area contributed by atoms with E-state index in [1.807, 2.05) is 38.1 Å². The molecule has 23 heavy (non-hydrogen) atoms. The van der Waals surface area contributed by atoms with E-state index in [-0.39, 0.29) is 17.9 Å². The molecular formula is C17H26ClN3O2. The van der Waals surface area contributed by atoms with Crippen molar-refractivity contribution < 1.29 is 9.53 Å². The Morgan fingerprint density at radius 1 is 1.35 bits per heavy atom. The van der Waals surface area contributed by atoms with Gasteiger partial charge in [-0.1, -0.05) is 43.6 Å². The second-order valence-electron chi connectivity index (χ2n) is 6.20. The molecule has 3 N–H and O–H groups in total. The van der Waals surface area contributed by atoms with E-state index in [4.69, 9.17) is 22.1 Å². The van der Waals surface area contributed by atoms with E-state index in [0.717, 1.165) is 18.7 Å². The molecule has 1 aliphatic rings. The summed E-state index contributed by atoms with van der Waals surface area (Å²) in [6, 6.07) is 7.30. The van der Waals surface area contributed by atoms with Crippen LogP contribution in [0.4, 0.5) is 0 Å². The highest BCUT2D eigenvalue weighted by Gasteiger charge is 2.26. The Hall–Kier alpha value is -1.14. The quantitative estimate of drug-likeness (QED) is 0.829. The Kier molecular flexibility index (Phi) is 6.84. The molecule has 128 valence electrons. The normalized spacial score (nSPS) is 18.7. The Labute approximate surface area is 143 Å². The molecule has 1 amide bonds. The molecule has 1 aromatic rings. The molecule has 0 bridgehead atoms. The molecular weight excluding hydrogens is 314 g/mol. The van der Waals surface area contributed by atoms with Crippen molar-refractivity contribution in [3.63, 3.8) is 0 Å². The lowest BCUT2D eigenvalue weighted by Crippen LogP contribution is -2.48. The summed E-state index contributed by atoms with van der Waals surface area (Å²) in [5.41, 5.74) is 6.94. The van der Waals surface area contributed by atoms with Gasteiger partial charge in [-0.15, -0.1) is 0 Å². The van der Waals surface area contributed by atoms with Crippen LogP contribution in [0.5, 0.6) is 0 Å². The number of nitrogens with zero attached hydrogens (tertiary/aromatic N) is 1. The third-order valence-corrected chi connectivity index (χ3v) is 4.59. The molecule has 0 aliphatic carbocycles. The fourth-order valence-electron chi connectivity index (χ4n) is 2.69. The van der Waals surface area contributed by atoms with Gasteiger partial charge in [-0.3, -0.25) is 9.69 Å². The second-order valence-corrected chi connectivity index (χ2v) is 6.61. The number of rotatable bonds is 6. The fraction of sp³-hybridized carbons (Fsp3) is 0.588. The number of morpholine rings is 1. The number of carbonyl (C=O) groups is 1. The highest BCUT2D eigenvalue weighted by molar-refractivity contribution is 6.31. The van der Waals surface area contributed by atoms with Crippen molar-refractivity contribution in [1.82, 2.24) is 10.2 Å². The van der Waals surface area contributed by atoms with Crippen LogP contribution < -0.4 is 11.1 Å². The lowest BCUT2D eigenvalue weighted by molar-refractivity contribution is -0.123. The molecule has 0 radical (unpaired) electrons. The van der Waals surface area contributed by atoms with Crippen LogP contribution in [0.15, 0.2) is 24.3 Å². The number of ether oxygens (including phenoxy) is 1. The van der Waals surface area contributed by atoms with E-state index in [0.29, 0.717) is 24.8 Å². The van der Waals surface area contributed by atoms with E-state index >= 15 is 0 Å². The molecule has 5 nitrogen and oxygen atoms in total. The number of amides is 1. The van der Waals surface area contributed by atoms with Crippen LogP contribution >= 0.6 is 11.6 Å². The van der Waals surface area contributed by atoms with Gasteiger partial charge in [0, 0.05) is 24.7 Å². The Balaban J connectivity index is 2.11. The molecule has 1 heterocycles. The molecule has 1 unspecified atom stereocenters. The summed E-state index contributed by atoms with van der Waals surface area (Å²) in [4.78, 5) is 14.5. The second kappa shape index (κ2) is 8.64. The molecule has 2 rings (SSSR count). The van der Waals surface area contributed by atoms with Crippen molar-refractivity contribution in [2.45, 2.75) is 25.9 Å². The van der Waals surface area contributed by atoms with Gasteiger partial charge in [0.05, 0.1) is 25.3 Å². The van der Waals surface area contributed by atoms with Crippen LogP contribution in [0.3, 0.4) is 0 Å². The minimum atomic E-state index is -0.494. The monoisotopic (exact) mass is 339 g/mol. The minimum Gasteiger partial charge on any atom is -0.379 e. The summed E-state index contributed by atoms with van der Waals surface area (Å²) in [6.07, 6.45) is 0. The highest BCUT2D eigenvalue weighted by atomic mass is 35.5. The number of hydrogen-bond acceptors (Lipinski definition) is 4. The predicted molar refractivity (Wildman–Crippen MR) is 92.4 cm³/mol. The zero-order valence-corrected chi connectivity index (χ0v) is 14.6. The lowest BCUT2D eigenvalue weighted by atomic mass is 10.0. The standard InChI is InChI=1S/C17H26ClN3O2/c1-12(2)16(19)17(22)20-11-15(21-7-9-23-10-8-21)13-5-3-4-6-14(13)18/h3-6,12,15-16H,7-11,19H2,1-2H3,(H,20,22)/t15?,16-/m0/s1. The van der Waals surface area contributed by atoms with Gasteiger partial charge in [0.15, 0.2) is 0 Å². The average Bonchev–Trinajstić information content (AvgIpc) is 2.56. The SMILES string of the molecule is CC(C)[C@H](N)C(=O)NCC(c1ccccc1Cl)N1CCOCC1. The van der Waals surface area contributed by atoms with E-state index in [2.05, 4.69) is 10.2 Å². The van der Waals surface area contributed by atoms with Crippen molar-refractivity contribution >= 4 is 17.5 Å². The number of halogens is 1. The summed E-state index contributed by atoms with van der Waals surface area (Å²) in [5, 5.41) is 3.70. The van der Waals surface area contributed by atoms with Crippen LogP contribution in [0.25, 0.3) is 0 Å². The van der Waals surface area contributed by atoms with Gasteiger partial charge in [0.25, 0.3) is 0 Å². The maximum absolute atomic E-state index is 12.2. The summed E-state index contributed by atoms with van der Waals surface area (Å²) >= 11 is 6.37. The number of carbonyl (C=O) groups excluding carboxylic acids is 1. The summed E-state index contributed by atoms with van der Waals surface area (Å²) in [7, 11) is 0. The topological polar surface area (TPSA) is 67.6 Å². The van der Waals surface area contributed by atoms with Gasteiger partial charge < -0.3 is 15.8 Å². The molecule has 0 spiro atoms. The third-order valence-electron chi connectivity index (χ3n) is 4.24. The summed E-state index contributed by atoms with van der Waals surface area (Å²) in [5.74, 6) is -0.0116. The highest BCUT2D eigenvalue weighted by Crippen LogP contribution is 2.27. The smallest absolute Gasteiger partial charge is 0.237 e. The largest absolute Gasteiger partial charge is 0.379 e. The molecule has 1 aromatic carbocycles. The molecule has 2 atom stereocenters. The minimum absolute atomic E-state index is 0.0240. The van der Waals surface area contributed by atoms with Gasteiger partial charge in [-0.25, -0.2) is 0 Å². The van der Waals surface area contributed by atoms with Crippen LogP contribution in [-0.4, -0.2) is 49.7 Å². The molecule has 0 saturated carbocycles. The van der Waals surface area contributed by atoms with Crippen LogP contribution in [0.1, 0.15) is 25.5 Å². The van der Waals surface area contributed by atoms with Crippen molar-refractivity contribution in [3.8, 4) is 0 Å². The average molecular weight is 340 g/mol. The summed E-state index contributed by atoms with van der Waals surface area (Å²) < 4.78 is 5.43. The molecule has 1 aliphatic heterocycles. The first-order valence-electron chi connectivity index (χ1n) is 8.10. The van der Waals surface area contributed by atoms with Crippen molar-refractivity contribution in [3.05, 3.63) is 34.9 Å². The number of hydrogen-bond donors (Lipinski definition) is 2. The Bertz CT molecular complexity index is 518. The van der Waals surface area contributed by atoms with Gasteiger partial charge >= 0.3 is 0 Å². The lowest BCUT2D eigenvalue weighted by Gasteiger charge is -2.35. The van der Waals surface area contributed by atoms with Crippen molar-refractivity contribution in [2.75, 3.05) is 32.8 Å². The zero-order chi connectivity index (χ0) is 16.8. The number of nitrogens with two attached hydrogens (primary N) is 1. The first kappa shape index (κ1) is 18.2. The molecule has 1 saturated heterocycles. The number of nitrogens with one attached hydrogen (secondary N) is 1. The van der Waals surface area contributed by atoms with Crippen LogP contribution in [0, 0.1) is 5.92 Å². The first-order valence-corrected chi connectivity index (χ1v) is 8.48.